The van der Waals surface area contributed by atoms with Gasteiger partial charge in [0.15, 0.2) is 0 Å². The van der Waals surface area contributed by atoms with Gasteiger partial charge in [0.1, 0.15) is 5.82 Å². The van der Waals surface area contributed by atoms with Crippen molar-refractivity contribution in [3.8, 4) is 0 Å². The molecule has 1 N–H and O–H groups in total. The topological polar surface area (TPSA) is 45.8 Å². The monoisotopic (exact) mass is 178 g/mol. The maximum absolute atomic E-state index is 13.0. The Balaban J connectivity index is 2.97. The van der Waals surface area contributed by atoms with Crippen molar-refractivity contribution < 1.29 is 4.39 Å². The second-order valence-electron chi connectivity index (χ2n) is 2.88. The number of aromatic amines is 1. The molecule has 0 atom stereocenters. The molecule has 0 aliphatic rings. The third-order valence-electron chi connectivity index (χ3n) is 1.93. The van der Waals surface area contributed by atoms with Crippen LogP contribution in [0.1, 0.15) is 5.56 Å². The molecule has 0 aliphatic carbocycles. The summed E-state index contributed by atoms with van der Waals surface area (Å²) in [5.74, 6) is -0.337. The van der Waals surface area contributed by atoms with Crippen LogP contribution in [0.15, 0.2) is 23.1 Å². The molecule has 0 amide bonds. The minimum absolute atomic E-state index is 0.197. The Morgan fingerprint density at radius 1 is 1.46 bits per heavy atom. The van der Waals surface area contributed by atoms with E-state index in [0.717, 1.165) is 0 Å². The van der Waals surface area contributed by atoms with Gasteiger partial charge >= 0.3 is 0 Å². The molecule has 13 heavy (non-hydrogen) atoms. The minimum atomic E-state index is -0.337. The van der Waals surface area contributed by atoms with Crippen LogP contribution in [0.5, 0.6) is 0 Å². The molecule has 1 aromatic carbocycles. The van der Waals surface area contributed by atoms with Gasteiger partial charge in [-0.1, -0.05) is 0 Å². The average molecular weight is 178 g/mol. The second-order valence-corrected chi connectivity index (χ2v) is 2.88. The van der Waals surface area contributed by atoms with Gasteiger partial charge in [-0.25, -0.2) is 4.39 Å². The first-order valence-electron chi connectivity index (χ1n) is 3.82. The van der Waals surface area contributed by atoms with Crippen LogP contribution in [0.4, 0.5) is 4.39 Å². The van der Waals surface area contributed by atoms with Crippen molar-refractivity contribution in [3.63, 3.8) is 0 Å². The number of fused-ring (bicyclic) bond motifs is 1. The SMILES string of the molecule is Cc1cc2c(=O)cn[nH]c2cc1F. The Labute approximate surface area is 73.2 Å². The maximum atomic E-state index is 13.0. The lowest BCUT2D eigenvalue weighted by molar-refractivity contribution is 0.620. The molecule has 0 radical (unpaired) electrons. The van der Waals surface area contributed by atoms with Crippen molar-refractivity contribution in [1.82, 2.24) is 10.2 Å². The fraction of sp³-hybridized carbons (Fsp3) is 0.111. The number of H-pyrrole nitrogens is 1. The highest BCUT2D eigenvalue weighted by molar-refractivity contribution is 5.78. The van der Waals surface area contributed by atoms with Crippen LogP contribution >= 0.6 is 0 Å². The third-order valence-corrected chi connectivity index (χ3v) is 1.93. The summed E-state index contributed by atoms with van der Waals surface area (Å²) >= 11 is 0. The largest absolute Gasteiger partial charge is 0.287 e. The Morgan fingerprint density at radius 2 is 2.23 bits per heavy atom. The van der Waals surface area contributed by atoms with Crippen LogP contribution in [0, 0.1) is 12.7 Å². The Morgan fingerprint density at radius 3 is 3.00 bits per heavy atom. The molecule has 0 aliphatic heterocycles. The minimum Gasteiger partial charge on any atom is -0.287 e. The van der Waals surface area contributed by atoms with Crippen LogP contribution in [0.2, 0.25) is 0 Å². The number of nitrogens with zero attached hydrogens (tertiary/aromatic N) is 1. The predicted molar refractivity (Wildman–Crippen MR) is 47.1 cm³/mol. The summed E-state index contributed by atoms with van der Waals surface area (Å²) in [7, 11) is 0. The number of nitrogens with one attached hydrogen (secondary N) is 1. The number of rotatable bonds is 0. The van der Waals surface area contributed by atoms with Gasteiger partial charge in [0.05, 0.1) is 11.7 Å². The van der Waals surface area contributed by atoms with Crippen molar-refractivity contribution in [1.29, 1.82) is 0 Å². The molecule has 0 saturated heterocycles. The van der Waals surface area contributed by atoms with Crippen LogP contribution in [0.25, 0.3) is 10.9 Å². The Hall–Kier alpha value is -1.71. The first-order chi connectivity index (χ1) is 6.18. The van der Waals surface area contributed by atoms with Crippen LogP contribution in [0.3, 0.4) is 0 Å². The summed E-state index contributed by atoms with van der Waals surface area (Å²) < 4.78 is 13.0. The van der Waals surface area contributed by atoms with E-state index in [-0.39, 0.29) is 11.2 Å². The summed E-state index contributed by atoms with van der Waals surface area (Å²) in [5, 5.41) is 6.62. The van der Waals surface area contributed by atoms with Gasteiger partial charge < -0.3 is 0 Å². The van der Waals surface area contributed by atoms with Gasteiger partial charge in [-0.15, -0.1) is 0 Å². The Kier molecular flexibility index (Phi) is 1.62. The highest BCUT2D eigenvalue weighted by atomic mass is 19.1. The molecular weight excluding hydrogens is 171 g/mol. The second kappa shape index (κ2) is 2.65. The highest BCUT2D eigenvalue weighted by Crippen LogP contribution is 2.12. The summed E-state index contributed by atoms with van der Waals surface area (Å²) in [6.45, 7) is 1.62. The first kappa shape index (κ1) is 7.91. The van der Waals surface area contributed by atoms with Crippen molar-refractivity contribution >= 4 is 10.9 Å². The van der Waals surface area contributed by atoms with E-state index in [9.17, 15) is 9.18 Å². The predicted octanol–water partition coefficient (Wildman–Crippen LogP) is 1.37. The lowest BCUT2D eigenvalue weighted by Crippen LogP contribution is -2.03. The zero-order valence-electron chi connectivity index (χ0n) is 6.97. The van der Waals surface area contributed by atoms with Gasteiger partial charge in [-0.2, -0.15) is 5.10 Å². The van der Waals surface area contributed by atoms with Gasteiger partial charge in [-0.3, -0.25) is 9.89 Å². The lowest BCUT2D eigenvalue weighted by Gasteiger charge is -1.98. The fourth-order valence-corrected chi connectivity index (χ4v) is 1.21. The molecule has 0 unspecified atom stereocenters. The number of aromatic nitrogens is 2. The molecule has 0 fully saturated rings. The Bertz CT molecular complexity index is 518. The summed E-state index contributed by atoms with van der Waals surface area (Å²) in [6, 6.07) is 2.80. The average Bonchev–Trinajstić information content (AvgIpc) is 2.09. The molecule has 0 bridgehead atoms. The van der Waals surface area contributed by atoms with Gasteiger partial charge in [0.2, 0.25) is 5.43 Å². The van der Waals surface area contributed by atoms with E-state index >= 15 is 0 Å². The molecule has 0 spiro atoms. The van der Waals surface area contributed by atoms with E-state index in [2.05, 4.69) is 10.2 Å². The molecule has 2 aromatic rings. The lowest BCUT2D eigenvalue weighted by atomic mass is 10.1. The molecule has 1 heterocycles. The number of aryl methyl sites for hydroxylation is 1. The normalized spacial score (nSPS) is 10.6. The number of hydrogen-bond acceptors (Lipinski definition) is 2. The van der Waals surface area contributed by atoms with Crippen molar-refractivity contribution in [3.05, 3.63) is 39.9 Å². The van der Waals surface area contributed by atoms with E-state index in [1.54, 1.807) is 6.92 Å². The number of halogens is 1. The van der Waals surface area contributed by atoms with Crippen LogP contribution < -0.4 is 5.43 Å². The zero-order valence-corrected chi connectivity index (χ0v) is 6.97. The van der Waals surface area contributed by atoms with Crippen molar-refractivity contribution in [2.75, 3.05) is 0 Å². The third kappa shape index (κ3) is 1.20. The fourth-order valence-electron chi connectivity index (χ4n) is 1.21. The highest BCUT2D eigenvalue weighted by Gasteiger charge is 2.03. The summed E-state index contributed by atoms with van der Waals surface area (Å²) in [6.07, 6.45) is 1.18. The van der Waals surface area contributed by atoms with E-state index in [1.807, 2.05) is 0 Å². The standard InChI is InChI=1S/C9H7FN2O/c1-5-2-6-8(3-7(5)10)12-11-4-9(6)13/h2-4H,1H3,(H,12,13). The summed E-state index contributed by atoms with van der Waals surface area (Å²) in [4.78, 5) is 11.2. The van der Waals surface area contributed by atoms with E-state index in [0.29, 0.717) is 16.5 Å². The molecular formula is C9H7FN2O. The van der Waals surface area contributed by atoms with Gasteiger partial charge in [-0.05, 0) is 24.6 Å². The molecule has 4 heteroatoms. The van der Waals surface area contributed by atoms with Crippen molar-refractivity contribution in [2.45, 2.75) is 6.92 Å². The van der Waals surface area contributed by atoms with Gasteiger partial charge in [0, 0.05) is 5.39 Å². The summed E-state index contributed by atoms with van der Waals surface area (Å²) in [5.41, 5.74) is 0.691. The van der Waals surface area contributed by atoms with E-state index in [4.69, 9.17) is 0 Å². The quantitative estimate of drug-likeness (QED) is 0.662. The van der Waals surface area contributed by atoms with Crippen LogP contribution in [-0.2, 0) is 0 Å². The maximum Gasteiger partial charge on any atom is 0.207 e. The smallest absolute Gasteiger partial charge is 0.207 e. The van der Waals surface area contributed by atoms with E-state index in [1.165, 1.54) is 18.3 Å². The molecule has 2 rings (SSSR count). The van der Waals surface area contributed by atoms with E-state index < -0.39 is 0 Å². The first-order valence-corrected chi connectivity index (χ1v) is 3.82. The molecule has 1 aromatic heterocycles. The molecule has 0 saturated carbocycles. The zero-order chi connectivity index (χ0) is 9.42. The van der Waals surface area contributed by atoms with Crippen molar-refractivity contribution in [2.24, 2.45) is 0 Å². The number of benzene rings is 1. The molecule has 3 nitrogen and oxygen atoms in total. The number of hydrogen-bond donors (Lipinski definition) is 1. The van der Waals surface area contributed by atoms with Crippen LogP contribution in [-0.4, -0.2) is 10.2 Å². The molecule has 66 valence electrons. The van der Waals surface area contributed by atoms with Gasteiger partial charge in [0.25, 0.3) is 0 Å².